The average Bonchev–Trinajstić information content (AvgIpc) is 3.02. The molecule has 6 heteroatoms. The molecule has 5 rings (SSSR count). The molecule has 1 atom stereocenters. The van der Waals surface area contributed by atoms with Crippen LogP contribution in [0.1, 0.15) is 33.3 Å². The molecular weight excluding hydrogens is 368 g/mol. The van der Waals surface area contributed by atoms with Gasteiger partial charge in [0, 0.05) is 6.20 Å². The van der Waals surface area contributed by atoms with Crippen LogP contribution in [0.5, 0.6) is 5.75 Å². The largest absolute Gasteiger partial charge is 0.508 e. The summed E-state index contributed by atoms with van der Waals surface area (Å²) in [6.07, 6.45) is 1.61. The molecular formula is C23H16N2O4. The lowest BCUT2D eigenvalue weighted by molar-refractivity contribution is 0.0970. The van der Waals surface area contributed by atoms with Crippen molar-refractivity contribution in [1.29, 1.82) is 0 Å². The van der Waals surface area contributed by atoms with Gasteiger partial charge in [0.05, 0.1) is 17.0 Å². The second-order valence-electron chi connectivity index (χ2n) is 6.98. The van der Waals surface area contributed by atoms with Gasteiger partial charge in [-0.15, -0.1) is 0 Å². The van der Waals surface area contributed by atoms with E-state index in [1.54, 1.807) is 48.7 Å². The third kappa shape index (κ3) is 2.53. The van der Waals surface area contributed by atoms with Gasteiger partial charge in [-0.1, -0.05) is 30.3 Å². The van der Waals surface area contributed by atoms with Crippen molar-refractivity contribution in [2.45, 2.75) is 13.0 Å². The number of hydrogen-bond acceptors (Lipinski definition) is 5. The number of benzene rings is 2. The number of para-hydroxylation sites is 1. The lowest BCUT2D eigenvalue weighted by Gasteiger charge is -2.25. The number of anilines is 1. The van der Waals surface area contributed by atoms with E-state index in [4.69, 9.17) is 4.42 Å². The fourth-order valence-electron chi connectivity index (χ4n) is 3.84. The highest BCUT2D eigenvalue weighted by Crippen LogP contribution is 2.41. The van der Waals surface area contributed by atoms with Crippen LogP contribution in [-0.4, -0.2) is 16.0 Å². The van der Waals surface area contributed by atoms with E-state index in [1.807, 2.05) is 13.0 Å². The number of aromatic hydroxyl groups is 1. The summed E-state index contributed by atoms with van der Waals surface area (Å²) in [6.45, 7) is 1.86. The maximum Gasteiger partial charge on any atom is 0.296 e. The van der Waals surface area contributed by atoms with Crippen LogP contribution in [0.2, 0.25) is 0 Å². The van der Waals surface area contributed by atoms with Gasteiger partial charge in [0.2, 0.25) is 5.76 Å². The third-order valence-corrected chi connectivity index (χ3v) is 5.20. The molecule has 3 heterocycles. The van der Waals surface area contributed by atoms with Gasteiger partial charge in [-0.05, 0) is 48.4 Å². The van der Waals surface area contributed by atoms with Crippen LogP contribution in [0, 0.1) is 6.92 Å². The summed E-state index contributed by atoms with van der Waals surface area (Å²) in [7, 11) is 0. The highest BCUT2D eigenvalue weighted by molar-refractivity contribution is 6.10. The maximum absolute atomic E-state index is 13.4. The molecule has 1 unspecified atom stereocenters. The van der Waals surface area contributed by atoms with E-state index >= 15 is 0 Å². The zero-order valence-corrected chi connectivity index (χ0v) is 15.5. The summed E-state index contributed by atoms with van der Waals surface area (Å²) in [5, 5.41) is 10.1. The molecule has 1 aliphatic heterocycles. The normalized spacial score (nSPS) is 15.7. The molecule has 4 aromatic rings. The number of phenols is 1. The Morgan fingerprint density at radius 2 is 1.76 bits per heavy atom. The number of carbonyl (C=O) groups is 1. The molecule has 29 heavy (non-hydrogen) atoms. The fraction of sp³-hybridized carbons (Fsp3) is 0.0870. The molecule has 0 fully saturated rings. The Balaban J connectivity index is 1.84. The molecule has 1 amide bonds. The Hall–Kier alpha value is -3.93. The first-order chi connectivity index (χ1) is 14.1. The standard InChI is InChI=1S/C23H16N2O4/c1-13-5-4-12-24-22(13)25-19(14-8-10-15(26)11-9-14)18-20(27)16-6-2-3-7-17(16)29-21(18)23(25)28/h2-12,19,26H,1H3. The molecule has 0 saturated carbocycles. The number of hydrogen-bond donors (Lipinski definition) is 1. The van der Waals surface area contributed by atoms with Crippen LogP contribution in [-0.2, 0) is 0 Å². The minimum absolute atomic E-state index is 0.0248. The van der Waals surface area contributed by atoms with Crippen LogP contribution in [0.25, 0.3) is 11.0 Å². The van der Waals surface area contributed by atoms with Gasteiger partial charge in [-0.2, -0.15) is 0 Å². The molecule has 2 aromatic carbocycles. The van der Waals surface area contributed by atoms with Crippen molar-refractivity contribution >= 4 is 22.7 Å². The molecule has 142 valence electrons. The van der Waals surface area contributed by atoms with Crippen molar-refractivity contribution in [3.05, 3.63) is 99.5 Å². The average molecular weight is 384 g/mol. The zero-order valence-electron chi connectivity index (χ0n) is 15.5. The van der Waals surface area contributed by atoms with Crippen molar-refractivity contribution < 1.29 is 14.3 Å². The first-order valence-electron chi connectivity index (χ1n) is 9.16. The van der Waals surface area contributed by atoms with Gasteiger partial charge in [0.1, 0.15) is 17.2 Å². The molecule has 0 radical (unpaired) electrons. The number of amides is 1. The number of aromatic nitrogens is 1. The van der Waals surface area contributed by atoms with Gasteiger partial charge in [0.25, 0.3) is 5.91 Å². The topological polar surface area (TPSA) is 83.6 Å². The van der Waals surface area contributed by atoms with Crippen LogP contribution >= 0.6 is 0 Å². The SMILES string of the molecule is Cc1cccnc1N1C(=O)c2oc3ccccc3c(=O)c2C1c1ccc(O)cc1. The summed E-state index contributed by atoms with van der Waals surface area (Å²) in [6, 6.07) is 16.3. The van der Waals surface area contributed by atoms with Crippen molar-refractivity contribution in [1.82, 2.24) is 4.98 Å². The highest BCUT2D eigenvalue weighted by atomic mass is 16.3. The summed E-state index contributed by atoms with van der Waals surface area (Å²) < 4.78 is 5.90. The highest BCUT2D eigenvalue weighted by Gasteiger charge is 2.44. The molecule has 1 aliphatic rings. The summed E-state index contributed by atoms with van der Waals surface area (Å²) in [5.41, 5.74) is 1.89. The number of rotatable bonds is 2. The molecule has 2 aromatic heterocycles. The predicted octanol–water partition coefficient (Wildman–Crippen LogP) is 3.95. The molecule has 1 N–H and O–H groups in total. The minimum Gasteiger partial charge on any atom is -0.508 e. The van der Waals surface area contributed by atoms with E-state index in [2.05, 4.69) is 4.98 Å². The lowest BCUT2D eigenvalue weighted by atomic mass is 9.98. The van der Waals surface area contributed by atoms with Crippen LogP contribution in [0.15, 0.2) is 76.1 Å². The second-order valence-corrected chi connectivity index (χ2v) is 6.98. The molecule has 0 bridgehead atoms. The number of nitrogens with zero attached hydrogens (tertiary/aromatic N) is 2. The van der Waals surface area contributed by atoms with Crippen molar-refractivity contribution in [3.63, 3.8) is 0 Å². The maximum atomic E-state index is 13.4. The lowest BCUT2D eigenvalue weighted by Crippen LogP contribution is -2.30. The van der Waals surface area contributed by atoms with E-state index in [0.29, 0.717) is 22.4 Å². The second kappa shape index (κ2) is 6.31. The van der Waals surface area contributed by atoms with Crippen molar-refractivity contribution in [3.8, 4) is 5.75 Å². The van der Waals surface area contributed by atoms with Gasteiger partial charge < -0.3 is 9.52 Å². The van der Waals surface area contributed by atoms with E-state index in [-0.39, 0.29) is 22.5 Å². The van der Waals surface area contributed by atoms with Crippen LogP contribution in [0.4, 0.5) is 5.82 Å². The Kier molecular flexibility index (Phi) is 3.74. The molecule has 0 saturated heterocycles. The zero-order chi connectivity index (χ0) is 20.1. The Labute approximate surface area is 165 Å². The summed E-state index contributed by atoms with van der Waals surface area (Å²) in [5.74, 6) is 0.175. The Morgan fingerprint density at radius 1 is 1.00 bits per heavy atom. The molecule has 0 spiro atoms. The van der Waals surface area contributed by atoms with Gasteiger partial charge in [-0.25, -0.2) is 4.98 Å². The van der Waals surface area contributed by atoms with Gasteiger partial charge in [-0.3, -0.25) is 14.5 Å². The molecule has 6 nitrogen and oxygen atoms in total. The van der Waals surface area contributed by atoms with Crippen LogP contribution < -0.4 is 10.3 Å². The summed E-state index contributed by atoms with van der Waals surface area (Å²) >= 11 is 0. The quantitative estimate of drug-likeness (QED) is 0.566. The Bertz CT molecular complexity index is 1330. The Morgan fingerprint density at radius 3 is 2.52 bits per heavy atom. The van der Waals surface area contributed by atoms with Gasteiger partial charge in [0.15, 0.2) is 5.43 Å². The van der Waals surface area contributed by atoms with Crippen molar-refractivity contribution in [2.24, 2.45) is 0 Å². The summed E-state index contributed by atoms with van der Waals surface area (Å²) in [4.78, 5) is 32.7. The van der Waals surface area contributed by atoms with E-state index in [1.165, 1.54) is 17.0 Å². The first kappa shape index (κ1) is 17.2. The number of fused-ring (bicyclic) bond motifs is 2. The number of pyridine rings is 1. The van der Waals surface area contributed by atoms with E-state index in [0.717, 1.165) is 5.56 Å². The first-order valence-corrected chi connectivity index (χ1v) is 9.16. The smallest absolute Gasteiger partial charge is 0.296 e. The number of aryl methyl sites for hydroxylation is 1. The van der Waals surface area contributed by atoms with Crippen molar-refractivity contribution in [2.75, 3.05) is 4.90 Å². The number of phenolic OH excluding ortho intramolecular Hbond substituents is 1. The van der Waals surface area contributed by atoms with E-state index in [9.17, 15) is 14.7 Å². The van der Waals surface area contributed by atoms with Crippen LogP contribution in [0.3, 0.4) is 0 Å². The predicted molar refractivity (Wildman–Crippen MR) is 108 cm³/mol. The van der Waals surface area contributed by atoms with Gasteiger partial charge >= 0.3 is 0 Å². The fourth-order valence-corrected chi connectivity index (χ4v) is 3.84. The molecule has 0 aliphatic carbocycles. The monoisotopic (exact) mass is 384 g/mol. The third-order valence-electron chi connectivity index (χ3n) is 5.20. The number of carbonyl (C=O) groups excluding carboxylic acids is 1. The van der Waals surface area contributed by atoms with E-state index < -0.39 is 11.9 Å². The minimum atomic E-state index is -0.701.